The van der Waals surface area contributed by atoms with Crippen molar-refractivity contribution in [3.05, 3.63) is 0 Å². The fraction of sp³-hybridized carbons (Fsp3) is 1.00. The van der Waals surface area contributed by atoms with E-state index in [1.807, 2.05) is 11.8 Å². The molecule has 5 heteroatoms. The molecule has 2 heterocycles. The molecule has 0 bridgehead atoms. The highest BCUT2D eigenvalue weighted by Gasteiger charge is 2.50. The minimum atomic E-state index is -0.0940. The lowest BCUT2D eigenvalue weighted by Gasteiger charge is -2.38. The van der Waals surface area contributed by atoms with E-state index in [-0.39, 0.29) is 11.2 Å². The first-order chi connectivity index (χ1) is 8.36. The van der Waals surface area contributed by atoms with Gasteiger partial charge in [0.1, 0.15) is 0 Å². The van der Waals surface area contributed by atoms with Crippen molar-refractivity contribution in [1.82, 2.24) is 5.43 Å². The summed E-state index contributed by atoms with van der Waals surface area (Å²) >= 11 is 4.11. The first kappa shape index (κ1) is 15.0. The molecule has 2 saturated heterocycles. The van der Waals surface area contributed by atoms with Crippen molar-refractivity contribution in [2.45, 2.75) is 56.6 Å². The number of hydrogen-bond donors (Lipinski definition) is 2. The normalized spacial score (nSPS) is 36.5. The van der Waals surface area contributed by atoms with E-state index in [4.69, 9.17) is 10.6 Å². The van der Waals surface area contributed by atoms with Gasteiger partial charge in [-0.15, -0.1) is 0 Å². The SMILES string of the molecule is CC1(C)CC(C(NN)C2CSCCS2)C(C)(C)O1. The zero-order chi connectivity index (χ0) is 13.4. The Balaban J connectivity index is 2.11. The van der Waals surface area contributed by atoms with E-state index in [0.717, 1.165) is 6.42 Å². The summed E-state index contributed by atoms with van der Waals surface area (Å²) < 4.78 is 6.21. The highest BCUT2D eigenvalue weighted by molar-refractivity contribution is 8.06. The smallest absolute Gasteiger partial charge is 0.0678 e. The molecule has 3 N–H and O–H groups in total. The number of nitrogens with two attached hydrogens (primary N) is 1. The van der Waals surface area contributed by atoms with Gasteiger partial charge in [-0.1, -0.05) is 0 Å². The van der Waals surface area contributed by atoms with Gasteiger partial charge in [0.05, 0.1) is 11.2 Å². The molecule has 106 valence electrons. The second kappa shape index (κ2) is 5.52. The average molecular weight is 290 g/mol. The monoisotopic (exact) mass is 290 g/mol. The van der Waals surface area contributed by atoms with Gasteiger partial charge < -0.3 is 4.74 Å². The molecule has 2 aliphatic rings. The van der Waals surface area contributed by atoms with Crippen LogP contribution in [0.3, 0.4) is 0 Å². The Morgan fingerprint density at radius 1 is 1.28 bits per heavy atom. The van der Waals surface area contributed by atoms with Crippen molar-refractivity contribution in [2.75, 3.05) is 17.3 Å². The third-order valence-corrected chi connectivity index (χ3v) is 6.90. The molecule has 2 aliphatic heterocycles. The van der Waals surface area contributed by atoms with Gasteiger partial charge in [0.2, 0.25) is 0 Å². The van der Waals surface area contributed by atoms with Gasteiger partial charge in [0.15, 0.2) is 0 Å². The Labute approximate surface area is 119 Å². The Kier molecular flexibility index (Phi) is 4.60. The van der Waals surface area contributed by atoms with Crippen molar-refractivity contribution in [2.24, 2.45) is 11.8 Å². The molecule has 3 unspecified atom stereocenters. The molecular weight excluding hydrogens is 264 g/mol. The van der Waals surface area contributed by atoms with Crippen LogP contribution in [0.5, 0.6) is 0 Å². The molecule has 0 aromatic heterocycles. The van der Waals surface area contributed by atoms with Crippen LogP contribution >= 0.6 is 23.5 Å². The molecule has 3 atom stereocenters. The molecule has 0 saturated carbocycles. The fourth-order valence-electron chi connectivity index (χ4n) is 3.36. The number of hydrogen-bond acceptors (Lipinski definition) is 5. The standard InChI is InChI=1S/C13H26N2OS2/c1-12(2)7-9(13(3,4)16-12)11(15-14)10-8-17-5-6-18-10/h9-11,15H,5-8,14H2,1-4H3. The van der Waals surface area contributed by atoms with Crippen molar-refractivity contribution in [3.8, 4) is 0 Å². The van der Waals surface area contributed by atoms with E-state index in [1.165, 1.54) is 17.3 Å². The van der Waals surface area contributed by atoms with E-state index in [2.05, 4.69) is 44.9 Å². The summed E-state index contributed by atoms with van der Waals surface area (Å²) in [5, 5.41) is 0.607. The third-order valence-electron chi connectivity index (χ3n) is 4.01. The van der Waals surface area contributed by atoms with Crippen LogP contribution in [0.1, 0.15) is 34.1 Å². The zero-order valence-corrected chi connectivity index (χ0v) is 13.5. The first-order valence-corrected chi connectivity index (χ1v) is 8.92. The summed E-state index contributed by atoms with van der Waals surface area (Å²) in [7, 11) is 0. The van der Waals surface area contributed by atoms with Crippen LogP contribution in [0, 0.1) is 5.92 Å². The molecule has 0 amide bonds. The lowest BCUT2D eigenvalue weighted by molar-refractivity contribution is -0.0775. The number of ether oxygens (including phenoxy) is 1. The van der Waals surface area contributed by atoms with Gasteiger partial charge in [-0.25, -0.2) is 0 Å². The van der Waals surface area contributed by atoms with E-state index >= 15 is 0 Å². The van der Waals surface area contributed by atoms with E-state index in [9.17, 15) is 0 Å². The lowest BCUT2D eigenvalue weighted by atomic mass is 9.80. The predicted molar refractivity (Wildman–Crippen MR) is 82.0 cm³/mol. The second-order valence-electron chi connectivity index (χ2n) is 6.45. The molecule has 0 spiro atoms. The number of thioether (sulfide) groups is 2. The minimum absolute atomic E-state index is 0.0320. The van der Waals surface area contributed by atoms with Gasteiger partial charge in [-0.3, -0.25) is 11.3 Å². The summed E-state index contributed by atoms with van der Waals surface area (Å²) in [6, 6.07) is 0.347. The Morgan fingerprint density at radius 3 is 2.44 bits per heavy atom. The molecule has 0 aromatic carbocycles. The summed E-state index contributed by atoms with van der Waals surface area (Å²) in [5.41, 5.74) is 2.97. The third kappa shape index (κ3) is 3.18. The van der Waals surface area contributed by atoms with Crippen LogP contribution in [0.15, 0.2) is 0 Å². The maximum Gasteiger partial charge on any atom is 0.0678 e. The van der Waals surface area contributed by atoms with E-state index in [0.29, 0.717) is 17.2 Å². The Morgan fingerprint density at radius 2 is 2.00 bits per heavy atom. The molecule has 18 heavy (non-hydrogen) atoms. The quantitative estimate of drug-likeness (QED) is 0.617. The highest BCUT2D eigenvalue weighted by atomic mass is 32.2. The molecule has 2 fully saturated rings. The van der Waals surface area contributed by atoms with Gasteiger partial charge in [0, 0.05) is 34.5 Å². The zero-order valence-electron chi connectivity index (χ0n) is 11.9. The van der Waals surface area contributed by atoms with Crippen LogP contribution in [0.4, 0.5) is 0 Å². The maximum atomic E-state index is 6.21. The van der Waals surface area contributed by atoms with Crippen molar-refractivity contribution in [3.63, 3.8) is 0 Å². The van der Waals surface area contributed by atoms with Crippen LogP contribution in [-0.2, 0) is 4.74 Å². The molecular formula is C13H26N2OS2. The molecule has 2 rings (SSSR count). The predicted octanol–water partition coefficient (Wildman–Crippen LogP) is 2.26. The Hall–Kier alpha value is 0.580. The van der Waals surface area contributed by atoms with Crippen LogP contribution in [0.2, 0.25) is 0 Å². The molecule has 3 nitrogen and oxygen atoms in total. The molecule has 0 aliphatic carbocycles. The molecule has 0 aromatic rings. The van der Waals surface area contributed by atoms with Crippen LogP contribution in [0.25, 0.3) is 0 Å². The summed E-state index contributed by atoms with van der Waals surface area (Å²) in [6.45, 7) is 8.78. The number of hydrazine groups is 1. The number of nitrogens with one attached hydrogen (secondary N) is 1. The van der Waals surface area contributed by atoms with Crippen molar-refractivity contribution < 1.29 is 4.74 Å². The van der Waals surface area contributed by atoms with Crippen LogP contribution in [-0.4, -0.2) is 39.8 Å². The first-order valence-electron chi connectivity index (χ1n) is 6.71. The van der Waals surface area contributed by atoms with Gasteiger partial charge in [-0.2, -0.15) is 23.5 Å². The van der Waals surface area contributed by atoms with Gasteiger partial charge in [0.25, 0.3) is 0 Å². The summed E-state index contributed by atoms with van der Waals surface area (Å²) in [6.07, 6.45) is 1.08. The minimum Gasteiger partial charge on any atom is -0.369 e. The van der Waals surface area contributed by atoms with Crippen molar-refractivity contribution >= 4 is 23.5 Å². The highest BCUT2D eigenvalue weighted by Crippen LogP contribution is 2.45. The largest absolute Gasteiger partial charge is 0.369 e. The van der Waals surface area contributed by atoms with Crippen molar-refractivity contribution in [1.29, 1.82) is 0 Å². The van der Waals surface area contributed by atoms with Gasteiger partial charge in [-0.05, 0) is 34.1 Å². The summed E-state index contributed by atoms with van der Waals surface area (Å²) in [5.74, 6) is 10.1. The average Bonchev–Trinajstić information content (AvgIpc) is 2.50. The van der Waals surface area contributed by atoms with Crippen LogP contribution < -0.4 is 11.3 Å². The van der Waals surface area contributed by atoms with E-state index < -0.39 is 0 Å². The second-order valence-corrected chi connectivity index (χ2v) is 8.95. The Bertz CT molecular complexity index is 291. The lowest BCUT2D eigenvalue weighted by Crippen LogP contribution is -2.53. The summed E-state index contributed by atoms with van der Waals surface area (Å²) in [4.78, 5) is 0. The topological polar surface area (TPSA) is 47.3 Å². The fourth-order valence-corrected chi connectivity index (χ4v) is 6.27. The van der Waals surface area contributed by atoms with Gasteiger partial charge >= 0.3 is 0 Å². The molecule has 0 radical (unpaired) electrons. The number of rotatable bonds is 3. The maximum absolute atomic E-state index is 6.21. The van der Waals surface area contributed by atoms with E-state index in [1.54, 1.807) is 0 Å².